The molecule has 6 heteroatoms. The van der Waals surface area contributed by atoms with E-state index in [2.05, 4.69) is 6.92 Å². The van der Waals surface area contributed by atoms with E-state index < -0.39 is 0 Å². The first-order chi connectivity index (χ1) is 15.9. The summed E-state index contributed by atoms with van der Waals surface area (Å²) in [5, 5.41) is 2.01. The van der Waals surface area contributed by atoms with Gasteiger partial charge < -0.3 is 9.80 Å². The second-order valence-corrected chi connectivity index (χ2v) is 9.35. The van der Waals surface area contributed by atoms with Crippen LogP contribution in [0.5, 0.6) is 0 Å². The van der Waals surface area contributed by atoms with E-state index in [-0.39, 0.29) is 24.2 Å². The van der Waals surface area contributed by atoms with E-state index in [4.69, 9.17) is 0 Å². The number of nitrogens with zero attached hydrogens (tertiary/aromatic N) is 2. The number of carbonyl (C=O) groups is 2. The van der Waals surface area contributed by atoms with E-state index in [1.54, 1.807) is 33.3 Å². The normalized spacial score (nSPS) is 10.8. The second kappa shape index (κ2) is 11.8. The maximum atomic E-state index is 13.5. The molecule has 0 aliphatic carbocycles. The molecular formula is C27H31FN2O2S. The SMILES string of the molecule is CCCCN(CC(=O)N(Cc1ccc(F)cc1)Cc1sccc1C)C(=O)c1ccc(C)cc1. The smallest absolute Gasteiger partial charge is 0.254 e. The van der Waals surface area contributed by atoms with E-state index in [1.807, 2.05) is 49.6 Å². The van der Waals surface area contributed by atoms with Crippen LogP contribution < -0.4 is 0 Å². The molecule has 33 heavy (non-hydrogen) atoms. The second-order valence-electron chi connectivity index (χ2n) is 8.35. The Labute approximate surface area is 199 Å². The van der Waals surface area contributed by atoms with Gasteiger partial charge >= 0.3 is 0 Å². The quantitative estimate of drug-likeness (QED) is 0.369. The predicted molar refractivity (Wildman–Crippen MR) is 132 cm³/mol. The Morgan fingerprint density at radius 3 is 2.21 bits per heavy atom. The van der Waals surface area contributed by atoms with Crippen molar-refractivity contribution >= 4 is 23.2 Å². The van der Waals surface area contributed by atoms with Crippen molar-refractivity contribution in [2.75, 3.05) is 13.1 Å². The molecule has 0 aliphatic rings. The highest BCUT2D eigenvalue weighted by atomic mass is 32.1. The van der Waals surface area contributed by atoms with Crippen molar-refractivity contribution in [2.24, 2.45) is 0 Å². The molecule has 0 radical (unpaired) electrons. The predicted octanol–water partition coefficient (Wildman–Crippen LogP) is 5.98. The fourth-order valence-corrected chi connectivity index (χ4v) is 4.45. The van der Waals surface area contributed by atoms with Crippen molar-refractivity contribution in [1.29, 1.82) is 0 Å². The van der Waals surface area contributed by atoms with Gasteiger partial charge in [0.2, 0.25) is 5.91 Å². The molecule has 1 heterocycles. The van der Waals surface area contributed by atoms with Crippen LogP contribution in [0.15, 0.2) is 60.0 Å². The number of unbranched alkanes of at least 4 members (excludes halogenated alkanes) is 1. The minimum absolute atomic E-state index is 0.0122. The molecule has 174 valence electrons. The van der Waals surface area contributed by atoms with Crippen molar-refractivity contribution in [3.8, 4) is 0 Å². The summed E-state index contributed by atoms with van der Waals surface area (Å²) < 4.78 is 13.4. The first kappa shape index (κ1) is 24.6. The van der Waals surface area contributed by atoms with Gasteiger partial charge in [0.05, 0.1) is 6.54 Å². The van der Waals surface area contributed by atoms with Gasteiger partial charge in [0, 0.05) is 23.5 Å². The summed E-state index contributed by atoms with van der Waals surface area (Å²) >= 11 is 1.61. The first-order valence-electron chi connectivity index (χ1n) is 11.3. The zero-order valence-electron chi connectivity index (χ0n) is 19.5. The number of halogens is 1. The van der Waals surface area contributed by atoms with Crippen molar-refractivity contribution in [1.82, 2.24) is 9.80 Å². The van der Waals surface area contributed by atoms with Crippen LogP contribution in [0, 0.1) is 19.7 Å². The molecule has 0 bridgehead atoms. The lowest BCUT2D eigenvalue weighted by atomic mass is 10.1. The molecule has 2 amide bonds. The van der Waals surface area contributed by atoms with E-state index >= 15 is 0 Å². The van der Waals surface area contributed by atoms with Gasteiger partial charge in [0.1, 0.15) is 12.4 Å². The van der Waals surface area contributed by atoms with E-state index in [0.717, 1.165) is 34.4 Å². The number of carbonyl (C=O) groups excluding carboxylic acids is 2. The third-order valence-corrected chi connectivity index (χ3v) is 6.64. The summed E-state index contributed by atoms with van der Waals surface area (Å²) in [6.07, 6.45) is 1.76. The van der Waals surface area contributed by atoms with Crippen molar-refractivity contribution in [2.45, 2.75) is 46.7 Å². The number of amides is 2. The number of hydrogen-bond donors (Lipinski definition) is 0. The Kier molecular flexibility index (Phi) is 8.78. The molecule has 2 aromatic carbocycles. The highest BCUT2D eigenvalue weighted by Crippen LogP contribution is 2.20. The molecule has 0 unspecified atom stereocenters. The maximum absolute atomic E-state index is 13.5. The van der Waals surface area contributed by atoms with E-state index in [1.165, 1.54) is 12.1 Å². The Morgan fingerprint density at radius 2 is 1.61 bits per heavy atom. The Bertz CT molecular complexity index is 1060. The molecule has 0 saturated heterocycles. The monoisotopic (exact) mass is 466 g/mol. The van der Waals surface area contributed by atoms with Gasteiger partial charge in [-0.25, -0.2) is 4.39 Å². The standard InChI is InChI=1S/C27H31FN2O2S/c1-4-5-15-29(27(32)23-10-6-20(2)7-11-23)19-26(31)30(18-25-21(3)14-16-33-25)17-22-8-12-24(28)13-9-22/h6-14,16H,4-5,15,17-19H2,1-3H3. The average Bonchev–Trinajstić information content (AvgIpc) is 3.21. The largest absolute Gasteiger partial charge is 0.332 e. The summed E-state index contributed by atoms with van der Waals surface area (Å²) in [7, 11) is 0. The highest BCUT2D eigenvalue weighted by molar-refractivity contribution is 7.10. The molecule has 1 aromatic heterocycles. The molecule has 4 nitrogen and oxygen atoms in total. The van der Waals surface area contributed by atoms with Gasteiger partial charge in [0.15, 0.2) is 0 Å². The topological polar surface area (TPSA) is 40.6 Å². The van der Waals surface area contributed by atoms with Crippen LogP contribution in [-0.2, 0) is 17.9 Å². The summed E-state index contributed by atoms with van der Waals surface area (Å²) in [6.45, 7) is 7.43. The number of rotatable bonds is 10. The molecule has 0 spiro atoms. The zero-order valence-corrected chi connectivity index (χ0v) is 20.3. The first-order valence-corrected chi connectivity index (χ1v) is 12.2. The number of benzene rings is 2. The van der Waals surface area contributed by atoms with Crippen molar-refractivity contribution in [3.63, 3.8) is 0 Å². The van der Waals surface area contributed by atoms with Gasteiger partial charge in [-0.3, -0.25) is 9.59 Å². The average molecular weight is 467 g/mol. The van der Waals surface area contributed by atoms with Gasteiger partial charge in [-0.1, -0.05) is 43.2 Å². The van der Waals surface area contributed by atoms with Crippen molar-refractivity contribution in [3.05, 3.63) is 92.9 Å². The summed E-state index contributed by atoms with van der Waals surface area (Å²) in [4.78, 5) is 31.2. The summed E-state index contributed by atoms with van der Waals surface area (Å²) in [5.41, 5.74) is 3.66. The maximum Gasteiger partial charge on any atom is 0.254 e. The Balaban J connectivity index is 1.81. The van der Waals surface area contributed by atoms with E-state index in [9.17, 15) is 14.0 Å². The Hall–Kier alpha value is -2.99. The van der Waals surface area contributed by atoms with Gasteiger partial charge in [0.25, 0.3) is 5.91 Å². The van der Waals surface area contributed by atoms with Gasteiger partial charge in [-0.15, -0.1) is 11.3 Å². The molecule has 0 atom stereocenters. The minimum atomic E-state index is -0.305. The molecule has 0 fully saturated rings. The van der Waals surface area contributed by atoms with Crippen LogP contribution in [0.2, 0.25) is 0 Å². The molecule has 0 N–H and O–H groups in total. The molecule has 0 saturated carbocycles. The van der Waals surface area contributed by atoms with Crippen LogP contribution in [0.25, 0.3) is 0 Å². The highest BCUT2D eigenvalue weighted by Gasteiger charge is 2.23. The number of thiophene rings is 1. The molecule has 3 aromatic rings. The summed E-state index contributed by atoms with van der Waals surface area (Å²) in [6, 6.07) is 15.7. The van der Waals surface area contributed by atoms with Crippen molar-refractivity contribution < 1.29 is 14.0 Å². The van der Waals surface area contributed by atoms with Crippen LogP contribution in [0.3, 0.4) is 0 Å². The van der Waals surface area contributed by atoms with Crippen LogP contribution in [0.4, 0.5) is 4.39 Å². The molecule has 3 rings (SSSR count). The van der Waals surface area contributed by atoms with Crippen LogP contribution >= 0.6 is 11.3 Å². The van der Waals surface area contributed by atoms with Crippen LogP contribution in [0.1, 0.15) is 51.7 Å². The molecule has 0 aliphatic heterocycles. The lowest BCUT2D eigenvalue weighted by Gasteiger charge is -2.28. The number of aryl methyl sites for hydroxylation is 2. The lowest BCUT2D eigenvalue weighted by molar-refractivity contribution is -0.133. The Morgan fingerprint density at radius 1 is 0.909 bits per heavy atom. The van der Waals surface area contributed by atoms with Gasteiger partial charge in [-0.05, 0) is 67.1 Å². The van der Waals surface area contributed by atoms with Gasteiger partial charge in [-0.2, -0.15) is 0 Å². The minimum Gasteiger partial charge on any atom is -0.332 e. The zero-order chi connectivity index (χ0) is 23.8. The third kappa shape index (κ3) is 6.99. The third-order valence-electron chi connectivity index (χ3n) is 5.64. The van der Waals surface area contributed by atoms with E-state index in [0.29, 0.717) is 25.2 Å². The fraction of sp³-hybridized carbons (Fsp3) is 0.333. The van der Waals surface area contributed by atoms with Crippen LogP contribution in [-0.4, -0.2) is 34.7 Å². The molecular weight excluding hydrogens is 435 g/mol. The fourth-order valence-electron chi connectivity index (χ4n) is 3.53. The summed E-state index contributed by atoms with van der Waals surface area (Å²) in [5.74, 6) is -0.560. The lowest BCUT2D eigenvalue weighted by Crippen LogP contribution is -2.43. The number of hydrogen-bond acceptors (Lipinski definition) is 3.